The smallest absolute Gasteiger partial charge is 0.0707 e. The first kappa shape index (κ1) is 17.2. The molecule has 0 bridgehead atoms. The Hall–Kier alpha value is -3.26. The molecule has 0 aromatic heterocycles. The Kier molecular flexibility index (Phi) is 4.80. The second-order valence-corrected chi connectivity index (χ2v) is 6.87. The Morgan fingerprint density at radius 1 is 0.556 bits per heavy atom. The van der Waals surface area contributed by atoms with E-state index in [9.17, 15) is 0 Å². The molecule has 27 heavy (non-hydrogen) atoms. The fourth-order valence-corrected chi connectivity index (χ4v) is 3.47. The van der Waals surface area contributed by atoms with Crippen molar-refractivity contribution in [2.45, 2.75) is 20.3 Å². The van der Waals surface area contributed by atoms with E-state index in [-0.39, 0.29) is 0 Å². The Balaban J connectivity index is 1.62. The topological polar surface area (TPSA) is 24.7 Å². The Labute approximate surface area is 159 Å². The highest BCUT2D eigenvalue weighted by Gasteiger charge is 2.03. The molecule has 0 amide bonds. The summed E-state index contributed by atoms with van der Waals surface area (Å²) in [5.41, 5.74) is 4.16. The molecule has 2 nitrogen and oxygen atoms in total. The summed E-state index contributed by atoms with van der Waals surface area (Å²) in [5, 5.41) is 4.80. The van der Waals surface area contributed by atoms with Crippen molar-refractivity contribution in [1.82, 2.24) is 0 Å². The van der Waals surface area contributed by atoms with E-state index in [4.69, 9.17) is 9.98 Å². The zero-order valence-corrected chi connectivity index (χ0v) is 15.7. The van der Waals surface area contributed by atoms with Crippen LogP contribution in [0.25, 0.3) is 21.5 Å². The van der Waals surface area contributed by atoms with Crippen LogP contribution in [0.2, 0.25) is 0 Å². The summed E-state index contributed by atoms with van der Waals surface area (Å²) in [6, 6.07) is 29.2. The second kappa shape index (κ2) is 7.55. The van der Waals surface area contributed by atoms with Crippen LogP contribution in [0.3, 0.4) is 0 Å². The maximum atomic E-state index is 4.87. The number of rotatable bonds is 4. The van der Waals surface area contributed by atoms with Crippen molar-refractivity contribution < 1.29 is 0 Å². The maximum absolute atomic E-state index is 4.87. The van der Waals surface area contributed by atoms with Crippen LogP contribution in [-0.4, -0.2) is 11.4 Å². The molecule has 4 aromatic rings. The largest absolute Gasteiger partial charge is 0.257 e. The van der Waals surface area contributed by atoms with E-state index in [0.29, 0.717) is 0 Å². The minimum atomic E-state index is 0.756. The Morgan fingerprint density at radius 3 is 1.44 bits per heavy atom. The molecule has 0 unspecified atom stereocenters. The van der Waals surface area contributed by atoms with Gasteiger partial charge in [-0.05, 0) is 36.8 Å². The molecule has 0 fully saturated rings. The molecular formula is C25H22N2. The number of fused-ring (bicyclic) bond motifs is 2. The number of nitrogens with zero attached hydrogens (tertiary/aromatic N) is 2. The Morgan fingerprint density at radius 2 is 0.963 bits per heavy atom. The van der Waals surface area contributed by atoms with Crippen LogP contribution in [0, 0.1) is 0 Å². The van der Waals surface area contributed by atoms with Crippen LogP contribution in [0.1, 0.15) is 20.3 Å². The maximum Gasteiger partial charge on any atom is 0.0707 e. The van der Waals surface area contributed by atoms with Gasteiger partial charge in [0.2, 0.25) is 0 Å². The molecule has 0 saturated heterocycles. The fourth-order valence-electron chi connectivity index (χ4n) is 3.47. The summed E-state index contributed by atoms with van der Waals surface area (Å²) in [5.74, 6) is 0. The zero-order chi connectivity index (χ0) is 18.6. The van der Waals surface area contributed by atoms with Gasteiger partial charge in [-0.3, -0.25) is 9.98 Å². The average Bonchev–Trinajstić information content (AvgIpc) is 2.68. The summed E-state index contributed by atoms with van der Waals surface area (Å²) in [7, 11) is 0. The highest BCUT2D eigenvalue weighted by molar-refractivity contribution is 6.06. The van der Waals surface area contributed by atoms with Gasteiger partial charge >= 0.3 is 0 Å². The van der Waals surface area contributed by atoms with Gasteiger partial charge in [0.25, 0.3) is 0 Å². The first-order valence-corrected chi connectivity index (χ1v) is 9.24. The molecule has 0 aliphatic rings. The number of hydrogen-bond donors (Lipinski definition) is 0. The summed E-state index contributed by atoms with van der Waals surface area (Å²) in [6.07, 6.45) is 0.756. The van der Waals surface area contributed by atoms with Crippen molar-refractivity contribution in [2.75, 3.05) is 0 Å². The van der Waals surface area contributed by atoms with Gasteiger partial charge in [-0.15, -0.1) is 0 Å². The minimum Gasteiger partial charge on any atom is -0.257 e. The van der Waals surface area contributed by atoms with E-state index >= 15 is 0 Å². The number of hydrogen-bond acceptors (Lipinski definition) is 2. The molecule has 0 saturated carbocycles. The SMILES string of the molecule is CC(CC(C)=Nc1cccc2ccccc12)=Nc1cccc2ccccc12. The minimum absolute atomic E-state index is 0.756. The van der Waals surface area contributed by atoms with Crippen molar-refractivity contribution in [3.8, 4) is 0 Å². The lowest BCUT2D eigenvalue weighted by Gasteiger charge is -2.06. The molecule has 132 valence electrons. The summed E-state index contributed by atoms with van der Waals surface area (Å²) >= 11 is 0. The number of benzene rings is 4. The number of aliphatic imine (C=N–C) groups is 2. The lowest BCUT2D eigenvalue weighted by molar-refractivity contribution is 1.38. The van der Waals surface area contributed by atoms with Gasteiger partial charge in [0.05, 0.1) is 11.4 Å². The van der Waals surface area contributed by atoms with Gasteiger partial charge in [-0.2, -0.15) is 0 Å². The second-order valence-electron chi connectivity index (χ2n) is 6.87. The predicted octanol–water partition coefficient (Wildman–Crippen LogP) is 7.27. The van der Waals surface area contributed by atoms with Crippen LogP contribution in [0.4, 0.5) is 11.4 Å². The van der Waals surface area contributed by atoms with Crippen molar-refractivity contribution in [3.63, 3.8) is 0 Å². The van der Waals surface area contributed by atoms with E-state index in [1.807, 2.05) is 0 Å². The molecule has 0 spiro atoms. The normalized spacial score (nSPS) is 12.7. The van der Waals surface area contributed by atoms with E-state index in [1.54, 1.807) is 0 Å². The molecule has 0 heterocycles. The van der Waals surface area contributed by atoms with Crippen LogP contribution in [0.15, 0.2) is 94.9 Å². The van der Waals surface area contributed by atoms with Crippen molar-refractivity contribution >= 4 is 44.3 Å². The van der Waals surface area contributed by atoms with Crippen LogP contribution < -0.4 is 0 Å². The third-order valence-electron chi connectivity index (χ3n) is 4.67. The van der Waals surface area contributed by atoms with Gasteiger partial charge in [0.1, 0.15) is 0 Å². The lowest BCUT2D eigenvalue weighted by Crippen LogP contribution is -2.00. The first-order valence-electron chi connectivity index (χ1n) is 9.24. The van der Waals surface area contributed by atoms with Gasteiger partial charge in [-0.1, -0.05) is 72.8 Å². The van der Waals surface area contributed by atoms with Crippen molar-refractivity contribution in [1.29, 1.82) is 0 Å². The first-order chi connectivity index (χ1) is 13.2. The van der Waals surface area contributed by atoms with Gasteiger partial charge < -0.3 is 0 Å². The fraction of sp³-hybridized carbons (Fsp3) is 0.120. The summed E-state index contributed by atoms with van der Waals surface area (Å²) in [6.45, 7) is 4.15. The van der Waals surface area contributed by atoms with E-state index in [2.05, 4.69) is 98.8 Å². The third kappa shape index (κ3) is 3.80. The van der Waals surface area contributed by atoms with Gasteiger partial charge in [0.15, 0.2) is 0 Å². The highest BCUT2D eigenvalue weighted by atomic mass is 14.8. The monoisotopic (exact) mass is 350 g/mol. The quantitative estimate of drug-likeness (QED) is 0.346. The summed E-state index contributed by atoms with van der Waals surface area (Å²) in [4.78, 5) is 9.73. The molecule has 4 aromatic carbocycles. The highest BCUT2D eigenvalue weighted by Crippen LogP contribution is 2.27. The van der Waals surface area contributed by atoms with Gasteiger partial charge in [-0.25, -0.2) is 0 Å². The molecule has 0 atom stereocenters. The molecule has 4 rings (SSSR count). The van der Waals surface area contributed by atoms with E-state index in [1.165, 1.54) is 21.5 Å². The molecule has 0 aliphatic heterocycles. The summed E-state index contributed by atoms with van der Waals surface area (Å²) < 4.78 is 0. The molecule has 0 radical (unpaired) electrons. The van der Waals surface area contributed by atoms with E-state index < -0.39 is 0 Å². The molecular weight excluding hydrogens is 328 g/mol. The van der Waals surface area contributed by atoms with Crippen LogP contribution in [0.5, 0.6) is 0 Å². The lowest BCUT2D eigenvalue weighted by atomic mass is 10.1. The predicted molar refractivity (Wildman–Crippen MR) is 118 cm³/mol. The molecule has 0 aliphatic carbocycles. The van der Waals surface area contributed by atoms with Gasteiger partial charge in [0, 0.05) is 28.6 Å². The van der Waals surface area contributed by atoms with Crippen LogP contribution >= 0.6 is 0 Å². The molecule has 2 heteroatoms. The third-order valence-corrected chi connectivity index (χ3v) is 4.67. The molecule has 0 N–H and O–H groups in total. The van der Waals surface area contributed by atoms with E-state index in [0.717, 1.165) is 29.2 Å². The average molecular weight is 350 g/mol. The Bertz CT molecular complexity index is 1070. The van der Waals surface area contributed by atoms with Crippen LogP contribution in [-0.2, 0) is 0 Å². The zero-order valence-electron chi connectivity index (χ0n) is 15.7. The van der Waals surface area contributed by atoms with Crippen molar-refractivity contribution in [2.24, 2.45) is 9.98 Å². The standard InChI is InChI=1S/C25H22N2/c1-18(26-24-15-7-11-20-9-3-5-13-22(20)24)17-19(2)27-25-16-8-12-21-10-4-6-14-23(21)25/h3-16H,17H2,1-2H3. The van der Waals surface area contributed by atoms with Crippen molar-refractivity contribution in [3.05, 3.63) is 84.9 Å².